The summed E-state index contributed by atoms with van der Waals surface area (Å²) in [7, 11) is 0. The van der Waals surface area contributed by atoms with E-state index in [-0.39, 0.29) is 17.9 Å². The Morgan fingerprint density at radius 3 is 2.64 bits per heavy atom. The molecule has 0 aliphatic rings. The molecule has 1 N–H and O–H groups in total. The van der Waals surface area contributed by atoms with Crippen molar-refractivity contribution in [1.82, 2.24) is 9.78 Å². The van der Waals surface area contributed by atoms with Gasteiger partial charge in [0.05, 0.1) is 15.6 Å². The zero-order valence-corrected chi connectivity index (χ0v) is 13.3. The molecule has 0 unspecified atom stereocenters. The van der Waals surface area contributed by atoms with Crippen LogP contribution in [0.3, 0.4) is 0 Å². The smallest absolute Gasteiger partial charge is 0.312 e. The number of aryl methyl sites for hydroxylation is 1. The van der Waals surface area contributed by atoms with Gasteiger partial charge in [0.25, 0.3) is 0 Å². The molecule has 0 saturated heterocycles. The lowest BCUT2D eigenvalue weighted by Crippen LogP contribution is -2.20. The molecule has 1 aromatic carbocycles. The Balaban J connectivity index is 2.16. The van der Waals surface area contributed by atoms with Crippen LogP contribution in [0.4, 0.5) is 11.4 Å². The van der Waals surface area contributed by atoms with E-state index in [9.17, 15) is 14.9 Å². The summed E-state index contributed by atoms with van der Waals surface area (Å²) < 4.78 is 1.28. The van der Waals surface area contributed by atoms with Gasteiger partial charge in [0.2, 0.25) is 5.91 Å². The van der Waals surface area contributed by atoms with E-state index in [2.05, 4.69) is 10.4 Å². The fourth-order valence-electron chi connectivity index (χ4n) is 2.02. The van der Waals surface area contributed by atoms with Crippen molar-refractivity contribution in [1.29, 1.82) is 0 Å². The maximum atomic E-state index is 12.0. The molecular weight excluding hydrogens is 331 g/mol. The van der Waals surface area contributed by atoms with Crippen LogP contribution in [0.2, 0.25) is 10.0 Å². The molecule has 1 heterocycles. The first-order chi connectivity index (χ1) is 10.3. The Morgan fingerprint density at radius 2 is 2.09 bits per heavy atom. The SMILES string of the molecule is Cc1nn(CC(=O)Nc2ccc(Cl)cc2Cl)c(C)c1[N+](=O)[O-]. The third-order valence-corrected chi connectivity index (χ3v) is 3.57. The van der Waals surface area contributed by atoms with Crippen molar-refractivity contribution in [3.8, 4) is 0 Å². The number of benzene rings is 1. The summed E-state index contributed by atoms with van der Waals surface area (Å²) in [6.45, 7) is 2.91. The van der Waals surface area contributed by atoms with E-state index in [4.69, 9.17) is 23.2 Å². The molecule has 0 aliphatic heterocycles. The molecule has 0 spiro atoms. The lowest BCUT2D eigenvalue weighted by molar-refractivity contribution is -0.386. The number of nitro groups is 1. The van der Waals surface area contributed by atoms with E-state index in [1.165, 1.54) is 17.7 Å². The van der Waals surface area contributed by atoms with Crippen molar-refractivity contribution in [2.75, 3.05) is 5.32 Å². The normalized spacial score (nSPS) is 10.5. The standard InChI is InChI=1S/C13H12Cl2N4O3/c1-7-13(19(21)22)8(2)18(17-7)6-12(20)16-11-4-3-9(14)5-10(11)15/h3-5H,6H2,1-2H3,(H,16,20). The molecule has 0 aliphatic carbocycles. The molecule has 0 saturated carbocycles. The fraction of sp³-hybridized carbons (Fsp3) is 0.231. The van der Waals surface area contributed by atoms with Crippen molar-refractivity contribution in [3.05, 3.63) is 49.7 Å². The molecule has 0 bridgehead atoms. The topological polar surface area (TPSA) is 90.1 Å². The zero-order valence-electron chi connectivity index (χ0n) is 11.8. The fourth-order valence-corrected chi connectivity index (χ4v) is 2.48. The van der Waals surface area contributed by atoms with E-state index in [1.807, 2.05) is 0 Å². The molecule has 9 heteroatoms. The zero-order chi connectivity index (χ0) is 16.4. The first-order valence-electron chi connectivity index (χ1n) is 6.23. The lowest BCUT2D eigenvalue weighted by atomic mass is 10.3. The van der Waals surface area contributed by atoms with E-state index >= 15 is 0 Å². The second-order valence-electron chi connectivity index (χ2n) is 4.61. The number of rotatable bonds is 4. The summed E-state index contributed by atoms with van der Waals surface area (Å²) in [4.78, 5) is 22.4. The molecule has 0 radical (unpaired) electrons. The Bertz CT molecular complexity index is 758. The van der Waals surface area contributed by atoms with Gasteiger partial charge in [-0.15, -0.1) is 0 Å². The highest BCUT2D eigenvalue weighted by atomic mass is 35.5. The molecule has 7 nitrogen and oxygen atoms in total. The van der Waals surface area contributed by atoms with Crippen molar-refractivity contribution in [3.63, 3.8) is 0 Å². The van der Waals surface area contributed by atoms with Crippen LogP contribution < -0.4 is 5.32 Å². The van der Waals surface area contributed by atoms with Gasteiger partial charge >= 0.3 is 5.69 Å². The van der Waals surface area contributed by atoms with Crippen LogP contribution in [0.5, 0.6) is 0 Å². The van der Waals surface area contributed by atoms with Crippen LogP contribution in [-0.4, -0.2) is 20.6 Å². The van der Waals surface area contributed by atoms with E-state index in [0.29, 0.717) is 21.4 Å². The Morgan fingerprint density at radius 1 is 1.41 bits per heavy atom. The minimum absolute atomic E-state index is 0.0858. The minimum atomic E-state index is -0.512. The highest BCUT2D eigenvalue weighted by Gasteiger charge is 2.22. The maximum Gasteiger partial charge on any atom is 0.312 e. The van der Waals surface area contributed by atoms with Crippen LogP contribution in [0, 0.1) is 24.0 Å². The molecule has 1 aromatic heterocycles. The number of aromatic nitrogens is 2. The van der Waals surface area contributed by atoms with Gasteiger partial charge in [-0.2, -0.15) is 5.10 Å². The Labute approximate surface area is 136 Å². The first-order valence-corrected chi connectivity index (χ1v) is 6.98. The van der Waals surface area contributed by atoms with Gasteiger partial charge in [-0.1, -0.05) is 23.2 Å². The Hall–Kier alpha value is -2.12. The number of carbonyl (C=O) groups excluding carboxylic acids is 1. The van der Waals surface area contributed by atoms with Gasteiger partial charge in [-0.05, 0) is 32.0 Å². The molecule has 1 amide bonds. The van der Waals surface area contributed by atoms with Gasteiger partial charge in [0.15, 0.2) is 0 Å². The number of nitrogens with one attached hydrogen (secondary N) is 1. The van der Waals surface area contributed by atoms with Gasteiger partial charge in [-0.25, -0.2) is 0 Å². The first kappa shape index (κ1) is 16.3. The van der Waals surface area contributed by atoms with Crippen LogP contribution >= 0.6 is 23.2 Å². The number of halogens is 2. The van der Waals surface area contributed by atoms with Gasteiger partial charge in [0.1, 0.15) is 17.9 Å². The monoisotopic (exact) mass is 342 g/mol. The number of hydrogen-bond donors (Lipinski definition) is 1. The number of hydrogen-bond acceptors (Lipinski definition) is 4. The predicted molar refractivity (Wildman–Crippen MR) is 83.4 cm³/mol. The second-order valence-corrected chi connectivity index (χ2v) is 5.45. The van der Waals surface area contributed by atoms with E-state index in [0.717, 1.165) is 0 Å². The quantitative estimate of drug-likeness (QED) is 0.681. The lowest BCUT2D eigenvalue weighted by Gasteiger charge is -2.08. The average molecular weight is 343 g/mol. The number of amides is 1. The van der Waals surface area contributed by atoms with Crippen LogP contribution in [0.1, 0.15) is 11.4 Å². The number of anilines is 1. The molecule has 2 aromatic rings. The molecule has 116 valence electrons. The summed E-state index contributed by atoms with van der Waals surface area (Å²) in [6.07, 6.45) is 0. The van der Waals surface area contributed by atoms with Gasteiger partial charge in [0, 0.05) is 5.02 Å². The van der Waals surface area contributed by atoms with Crippen LogP contribution in [-0.2, 0) is 11.3 Å². The molecule has 0 atom stereocenters. The Kier molecular flexibility index (Phi) is 4.68. The third kappa shape index (κ3) is 3.37. The number of nitrogens with zero attached hydrogens (tertiary/aromatic N) is 3. The molecule has 2 rings (SSSR count). The van der Waals surface area contributed by atoms with Gasteiger partial charge in [-0.3, -0.25) is 19.6 Å². The van der Waals surface area contributed by atoms with Crippen molar-refractivity contribution >= 4 is 40.5 Å². The van der Waals surface area contributed by atoms with E-state index in [1.54, 1.807) is 19.1 Å². The molecule has 22 heavy (non-hydrogen) atoms. The summed E-state index contributed by atoms with van der Waals surface area (Å²) >= 11 is 11.7. The summed E-state index contributed by atoms with van der Waals surface area (Å²) in [5, 5.41) is 18.3. The summed E-state index contributed by atoms with van der Waals surface area (Å²) in [6, 6.07) is 4.68. The second kappa shape index (κ2) is 6.33. The molecule has 0 fully saturated rings. The average Bonchev–Trinajstić information content (AvgIpc) is 2.67. The highest BCUT2D eigenvalue weighted by molar-refractivity contribution is 6.36. The summed E-state index contributed by atoms with van der Waals surface area (Å²) in [5.74, 6) is -0.398. The molecular formula is C13H12Cl2N4O3. The minimum Gasteiger partial charge on any atom is -0.323 e. The van der Waals surface area contributed by atoms with E-state index < -0.39 is 10.8 Å². The largest absolute Gasteiger partial charge is 0.323 e. The van der Waals surface area contributed by atoms with Crippen molar-refractivity contribution in [2.45, 2.75) is 20.4 Å². The van der Waals surface area contributed by atoms with Crippen molar-refractivity contribution in [2.24, 2.45) is 0 Å². The predicted octanol–water partition coefficient (Wildman–Crippen LogP) is 3.35. The van der Waals surface area contributed by atoms with Crippen LogP contribution in [0.15, 0.2) is 18.2 Å². The third-order valence-electron chi connectivity index (χ3n) is 3.02. The highest BCUT2D eigenvalue weighted by Crippen LogP contribution is 2.26. The van der Waals surface area contributed by atoms with Crippen molar-refractivity contribution < 1.29 is 9.72 Å². The summed E-state index contributed by atoms with van der Waals surface area (Å²) in [5.41, 5.74) is 0.907. The van der Waals surface area contributed by atoms with Gasteiger partial charge < -0.3 is 5.32 Å². The number of carbonyl (C=O) groups is 1. The van der Waals surface area contributed by atoms with Crippen LogP contribution in [0.25, 0.3) is 0 Å². The maximum absolute atomic E-state index is 12.0.